The Morgan fingerprint density at radius 2 is 2.08 bits per heavy atom. The molecule has 1 N–H and O–H groups in total. The summed E-state index contributed by atoms with van der Waals surface area (Å²) in [5.41, 5.74) is 0.169. The second-order valence-electron chi connectivity index (χ2n) is 6.79. The molecule has 0 bridgehead atoms. The molecule has 3 rings (SSSR count). The zero-order valence-electron chi connectivity index (χ0n) is 14.3. The summed E-state index contributed by atoms with van der Waals surface area (Å²) in [6, 6.07) is 6.79. The van der Waals surface area contributed by atoms with Gasteiger partial charge in [-0.3, -0.25) is 9.59 Å². The molecule has 1 saturated heterocycles. The number of ether oxygens (including phenoxy) is 1. The predicted octanol–water partition coefficient (Wildman–Crippen LogP) is 3.44. The smallest absolute Gasteiger partial charge is 0.307 e. The molecule has 2 aliphatic rings. The van der Waals surface area contributed by atoms with Gasteiger partial charge in [-0.1, -0.05) is 18.2 Å². The lowest BCUT2D eigenvalue weighted by Crippen LogP contribution is -2.43. The minimum absolute atomic E-state index is 0.0631. The van der Waals surface area contributed by atoms with Crippen LogP contribution in [-0.4, -0.2) is 29.8 Å². The number of hydrogen-bond donors (Lipinski definition) is 1. The minimum Gasteiger partial charge on any atom is -0.458 e. The highest BCUT2D eigenvalue weighted by Gasteiger charge is 2.53. The van der Waals surface area contributed by atoms with Crippen LogP contribution in [0.2, 0.25) is 0 Å². The van der Waals surface area contributed by atoms with Gasteiger partial charge in [-0.15, -0.1) is 0 Å². The molecule has 136 valence electrons. The third-order valence-corrected chi connectivity index (χ3v) is 6.16. The molecule has 1 aliphatic carbocycles. The monoisotopic (exact) mass is 365 g/mol. The molecule has 0 aromatic heterocycles. The first-order valence-corrected chi connectivity index (χ1v) is 10.1. The highest BCUT2D eigenvalue weighted by Crippen LogP contribution is 2.45. The largest absolute Gasteiger partial charge is 0.458 e. The lowest BCUT2D eigenvalue weighted by molar-refractivity contribution is -0.149. The number of nitrogens with one attached hydrogen (secondary N) is 1. The average Bonchev–Trinajstić information content (AvgIpc) is 3.19. The lowest BCUT2D eigenvalue weighted by atomic mass is 9.85. The number of halogens is 1. The summed E-state index contributed by atoms with van der Waals surface area (Å²) >= 11 is 1.65. The maximum atomic E-state index is 13.5. The number of hydrogen-bond acceptors (Lipinski definition) is 4. The van der Waals surface area contributed by atoms with Crippen LogP contribution in [0.15, 0.2) is 24.3 Å². The van der Waals surface area contributed by atoms with Crippen LogP contribution in [0.1, 0.15) is 44.1 Å². The van der Waals surface area contributed by atoms with E-state index in [0.717, 1.165) is 37.9 Å². The van der Waals surface area contributed by atoms with Crippen molar-refractivity contribution in [1.29, 1.82) is 0 Å². The first-order valence-electron chi connectivity index (χ1n) is 8.91. The SMILES string of the molecule is O=C1CC(C(=O)NCCCSCc2ccccc2F)C2(CCCC2)O1. The molecule has 1 saturated carbocycles. The second-order valence-corrected chi connectivity index (χ2v) is 7.90. The minimum atomic E-state index is -0.541. The Hall–Kier alpha value is -1.56. The molecule has 1 amide bonds. The number of rotatable bonds is 7. The van der Waals surface area contributed by atoms with E-state index in [9.17, 15) is 14.0 Å². The molecule has 1 atom stereocenters. The van der Waals surface area contributed by atoms with Crippen LogP contribution >= 0.6 is 11.8 Å². The second kappa shape index (κ2) is 8.21. The Labute approximate surface area is 151 Å². The topological polar surface area (TPSA) is 55.4 Å². The summed E-state index contributed by atoms with van der Waals surface area (Å²) in [5.74, 6) is 0.660. The van der Waals surface area contributed by atoms with Crippen LogP contribution in [0.3, 0.4) is 0 Å². The highest BCUT2D eigenvalue weighted by atomic mass is 32.2. The van der Waals surface area contributed by atoms with Crippen molar-refractivity contribution in [3.63, 3.8) is 0 Å². The average molecular weight is 365 g/mol. The molecular weight excluding hydrogens is 341 g/mol. The van der Waals surface area contributed by atoms with E-state index in [1.807, 2.05) is 6.07 Å². The molecule has 6 heteroatoms. The van der Waals surface area contributed by atoms with Crippen LogP contribution in [0.25, 0.3) is 0 Å². The maximum Gasteiger partial charge on any atom is 0.307 e. The number of carbonyl (C=O) groups excluding carboxylic acids is 2. The first kappa shape index (κ1) is 18.2. The van der Waals surface area contributed by atoms with E-state index in [-0.39, 0.29) is 30.0 Å². The van der Waals surface area contributed by atoms with Crippen LogP contribution in [0, 0.1) is 11.7 Å². The summed E-state index contributed by atoms with van der Waals surface area (Å²) in [6.07, 6.45) is 4.66. The van der Waals surface area contributed by atoms with Gasteiger partial charge in [0.25, 0.3) is 0 Å². The van der Waals surface area contributed by atoms with Gasteiger partial charge >= 0.3 is 5.97 Å². The molecule has 0 radical (unpaired) electrons. The van der Waals surface area contributed by atoms with Gasteiger partial charge < -0.3 is 10.1 Å². The Bertz CT molecular complexity index is 631. The molecule has 1 aromatic carbocycles. The summed E-state index contributed by atoms with van der Waals surface area (Å²) in [4.78, 5) is 24.1. The molecule has 1 aliphatic heterocycles. The first-order chi connectivity index (χ1) is 12.1. The van der Waals surface area contributed by atoms with Gasteiger partial charge in [0, 0.05) is 12.3 Å². The summed E-state index contributed by atoms with van der Waals surface area (Å²) in [6.45, 7) is 0.573. The van der Waals surface area contributed by atoms with E-state index in [0.29, 0.717) is 17.9 Å². The van der Waals surface area contributed by atoms with E-state index in [1.165, 1.54) is 6.07 Å². The highest BCUT2D eigenvalue weighted by molar-refractivity contribution is 7.98. The molecule has 1 unspecified atom stereocenters. The van der Waals surface area contributed by atoms with Crippen LogP contribution < -0.4 is 5.32 Å². The van der Waals surface area contributed by atoms with Gasteiger partial charge in [-0.25, -0.2) is 4.39 Å². The van der Waals surface area contributed by atoms with Crippen molar-refractivity contribution in [2.45, 2.75) is 49.9 Å². The van der Waals surface area contributed by atoms with E-state index in [4.69, 9.17) is 4.74 Å². The van der Waals surface area contributed by atoms with E-state index in [1.54, 1.807) is 23.9 Å². The number of carbonyl (C=O) groups is 2. The van der Waals surface area contributed by atoms with Gasteiger partial charge in [0.1, 0.15) is 11.4 Å². The zero-order valence-corrected chi connectivity index (χ0v) is 15.1. The molecule has 1 aromatic rings. The quantitative estimate of drug-likeness (QED) is 0.594. The Morgan fingerprint density at radius 1 is 1.32 bits per heavy atom. The van der Waals surface area contributed by atoms with E-state index in [2.05, 4.69) is 5.32 Å². The Morgan fingerprint density at radius 3 is 2.84 bits per heavy atom. The fraction of sp³-hybridized carbons (Fsp3) is 0.579. The van der Waals surface area contributed by atoms with Crippen LogP contribution in [0.5, 0.6) is 0 Å². The fourth-order valence-electron chi connectivity index (χ4n) is 3.75. The maximum absolute atomic E-state index is 13.5. The van der Waals surface area contributed by atoms with Crippen molar-refractivity contribution in [2.24, 2.45) is 5.92 Å². The predicted molar refractivity (Wildman–Crippen MR) is 95.6 cm³/mol. The molecule has 1 heterocycles. The number of amides is 1. The molecule has 2 fully saturated rings. The standard InChI is InChI=1S/C19H24FNO3S/c20-16-7-2-1-6-14(16)13-25-11-5-10-21-18(23)15-12-17(22)24-19(15)8-3-4-9-19/h1-2,6-7,15H,3-5,8-13H2,(H,21,23). The lowest BCUT2D eigenvalue weighted by Gasteiger charge is -2.27. The van der Waals surface area contributed by atoms with Crippen LogP contribution in [-0.2, 0) is 20.1 Å². The summed E-state index contributed by atoms with van der Waals surface area (Å²) in [5, 5.41) is 2.95. The van der Waals surface area contributed by atoms with E-state index < -0.39 is 5.60 Å². The van der Waals surface area contributed by atoms with Crippen molar-refractivity contribution < 1.29 is 18.7 Å². The summed E-state index contributed by atoms with van der Waals surface area (Å²) in [7, 11) is 0. The molecular formula is C19H24FNO3S. The van der Waals surface area contributed by atoms with Crippen molar-refractivity contribution in [3.05, 3.63) is 35.6 Å². The van der Waals surface area contributed by atoms with Gasteiger partial charge in [0.05, 0.1) is 12.3 Å². The third-order valence-electron chi connectivity index (χ3n) is 5.07. The van der Waals surface area contributed by atoms with Crippen molar-refractivity contribution in [1.82, 2.24) is 5.32 Å². The fourth-order valence-corrected chi connectivity index (χ4v) is 4.70. The number of thioether (sulfide) groups is 1. The Kier molecular flexibility index (Phi) is 5.99. The van der Waals surface area contributed by atoms with Crippen molar-refractivity contribution in [2.75, 3.05) is 12.3 Å². The van der Waals surface area contributed by atoms with E-state index >= 15 is 0 Å². The molecule has 1 spiro atoms. The van der Waals surface area contributed by atoms with Crippen LogP contribution in [0.4, 0.5) is 4.39 Å². The van der Waals surface area contributed by atoms with Gasteiger partial charge in [-0.05, 0) is 49.5 Å². The zero-order chi connectivity index (χ0) is 17.7. The van der Waals surface area contributed by atoms with Gasteiger partial charge in [-0.2, -0.15) is 11.8 Å². The Balaban J connectivity index is 1.37. The van der Waals surface area contributed by atoms with Crippen molar-refractivity contribution in [3.8, 4) is 0 Å². The normalized spacial score (nSPS) is 21.5. The van der Waals surface area contributed by atoms with Gasteiger partial charge in [0.2, 0.25) is 5.91 Å². The third kappa shape index (κ3) is 4.35. The molecule has 25 heavy (non-hydrogen) atoms. The van der Waals surface area contributed by atoms with Gasteiger partial charge in [0.15, 0.2) is 0 Å². The van der Waals surface area contributed by atoms with Crippen molar-refractivity contribution >= 4 is 23.6 Å². The number of esters is 1. The number of benzene rings is 1. The summed E-state index contributed by atoms with van der Waals surface area (Å²) < 4.78 is 19.0. The molecule has 4 nitrogen and oxygen atoms in total.